The highest BCUT2D eigenvalue weighted by Crippen LogP contribution is 2.28. The lowest BCUT2D eigenvalue weighted by Crippen LogP contribution is -2.47. The summed E-state index contributed by atoms with van der Waals surface area (Å²) in [4.78, 5) is 19.4. The number of methoxy groups -OCH3 is 1. The lowest BCUT2D eigenvalue weighted by molar-refractivity contribution is -0.118. The van der Waals surface area contributed by atoms with E-state index in [1.165, 1.54) is 0 Å². The number of rotatable bonds is 6. The predicted octanol–water partition coefficient (Wildman–Crippen LogP) is 3.97. The van der Waals surface area contributed by atoms with Crippen molar-refractivity contribution >= 4 is 60.1 Å². The zero-order valence-corrected chi connectivity index (χ0v) is 23.4. The number of aromatic nitrogens is 1. The third-order valence-electron chi connectivity index (χ3n) is 6.88. The monoisotopic (exact) mass is 582 g/mol. The van der Waals surface area contributed by atoms with Gasteiger partial charge in [-0.05, 0) is 60.4 Å². The molecule has 0 spiro atoms. The molecule has 1 fully saturated rings. The molecule has 38 heavy (non-hydrogen) atoms. The number of carbonyl (C=O) groups is 1. The van der Waals surface area contributed by atoms with Crippen molar-refractivity contribution in [2.24, 2.45) is 0 Å². The Morgan fingerprint density at radius 1 is 1.18 bits per heavy atom. The molecular weight excluding hydrogens is 551 g/mol. The fourth-order valence-corrected chi connectivity index (χ4v) is 4.89. The van der Waals surface area contributed by atoms with Crippen LogP contribution in [-0.2, 0) is 11.3 Å². The minimum atomic E-state index is -0.646. The van der Waals surface area contributed by atoms with E-state index in [0.29, 0.717) is 18.8 Å². The molecule has 0 radical (unpaired) electrons. The molecule has 0 saturated carbocycles. The van der Waals surface area contributed by atoms with Crippen molar-refractivity contribution in [2.45, 2.75) is 31.5 Å². The minimum Gasteiger partial charge on any atom is -0.508 e. The van der Waals surface area contributed by atoms with Gasteiger partial charge in [0.15, 0.2) is 0 Å². The van der Waals surface area contributed by atoms with Crippen molar-refractivity contribution < 1.29 is 19.7 Å². The lowest BCUT2D eigenvalue weighted by Gasteiger charge is -2.34. The van der Waals surface area contributed by atoms with Crippen molar-refractivity contribution in [3.8, 4) is 11.5 Å². The first-order chi connectivity index (χ1) is 17.0. The van der Waals surface area contributed by atoms with E-state index < -0.39 is 6.10 Å². The molecule has 3 heterocycles. The van der Waals surface area contributed by atoms with Gasteiger partial charge in [-0.1, -0.05) is 12.1 Å². The third-order valence-corrected chi connectivity index (χ3v) is 6.88. The molecule has 2 aliphatic heterocycles. The summed E-state index contributed by atoms with van der Waals surface area (Å²) in [6.07, 6.45) is 4.49. The maximum absolute atomic E-state index is 12.8. The number of halogens is 3. The normalized spacial score (nSPS) is 15.9. The predicted molar refractivity (Wildman–Crippen MR) is 156 cm³/mol. The van der Waals surface area contributed by atoms with Crippen molar-refractivity contribution in [1.29, 1.82) is 0 Å². The summed E-state index contributed by atoms with van der Waals surface area (Å²) < 4.78 is 5.34. The number of hydrogen-bond donors (Lipinski definition) is 4. The number of likely N-dealkylation sites (tertiary alicyclic amines) is 1. The molecule has 1 atom stereocenters. The Morgan fingerprint density at radius 2 is 1.95 bits per heavy atom. The van der Waals surface area contributed by atoms with Crippen LogP contribution in [0, 0.1) is 0 Å². The summed E-state index contributed by atoms with van der Waals surface area (Å²) in [5.74, 6) is 0.840. The van der Waals surface area contributed by atoms with Gasteiger partial charge in [0.1, 0.15) is 17.2 Å². The number of amides is 1. The summed E-state index contributed by atoms with van der Waals surface area (Å²) in [5, 5.41) is 28.1. The first-order valence-corrected chi connectivity index (χ1v) is 11.9. The van der Waals surface area contributed by atoms with E-state index in [1.54, 1.807) is 31.5 Å². The minimum absolute atomic E-state index is 0. The van der Waals surface area contributed by atoms with Gasteiger partial charge in [-0.15, -0.1) is 37.2 Å². The van der Waals surface area contributed by atoms with Crippen molar-refractivity contribution in [1.82, 2.24) is 20.5 Å². The number of aromatic hydroxyl groups is 1. The number of hydrogen-bond acceptors (Lipinski definition) is 7. The van der Waals surface area contributed by atoms with Gasteiger partial charge in [0.25, 0.3) is 5.91 Å². The second-order valence-electron chi connectivity index (χ2n) is 9.10. The molecule has 0 unspecified atom stereocenters. The summed E-state index contributed by atoms with van der Waals surface area (Å²) in [7, 11) is 1.63. The Balaban J connectivity index is 0.00000169. The van der Waals surface area contributed by atoms with Crippen LogP contribution < -0.4 is 15.4 Å². The van der Waals surface area contributed by atoms with E-state index in [9.17, 15) is 15.0 Å². The quantitative estimate of drug-likeness (QED) is 0.348. The fourth-order valence-electron chi connectivity index (χ4n) is 4.89. The van der Waals surface area contributed by atoms with Gasteiger partial charge in [-0.25, -0.2) is 0 Å². The van der Waals surface area contributed by atoms with Gasteiger partial charge < -0.3 is 30.5 Å². The Bertz CT molecular complexity index is 1280. The Kier molecular flexibility index (Phi) is 11.5. The number of fused-ring (bicyclic) bond motifs is 2. The molecule has 4 N–H and O–H groups in total. The number of aliphatic hydroxyl groups is 1. The molecule has 2 aliphatic rings. The SMILES string of the molecule is COc1ccc2nccc([C@@H](O)CN3CCC(NC(=O)C4=Cc5cccc(O)c5CN4)CC3)c2c1.Cl.Cl.Cl. The first kappa shape index (κ1) is 31.5. The molecule has 1 amide bonds. The van der Waals surface area contributed by atoms with E-state index in [4.69, 9.17) is 4.74 Å². The summed E-state index contributed by atoms with van der Waals surface area (Å²) in [6, 6.07) is 12.9. The molecule has 11 heteroatoms. The topological polar surface area (TPSA) is 107 Å². The van der Waals surface area contributed by atoms with Crippen molar-refractivity contribution in [2.75, 3.05) is 26.7 Å². The van der Waals surface area contributed by atoms with Crippen LogP contribution in [0.3, 0.4) is 0 Å². The number of benzene rings is 2. The number of piperidine rings is 1. The van der Waals surface area contributed by atoms with Crippen LogP contribution in [-0.4, -0.2) is 58.8 Å². The largest absolute Gasteiger partial charge is 0.508 e. The molecule has 3 aromatic rings. The first-order valence-electron chi connectivity index (χ1n) is 11.9. The van der Waals surface area contributed by atoms with Crippen LogP contribution in [0.5, 0.6) is 11.5 Å². The molecule has 1 aromatic heterocycles. The molecule has 0 aliphatic carbocycles. The van der Waals surface area contributed by atoms with E-state index >= 15 is 0 Å². The smallest absolute Gasteiger partial charge is 0.267 e. The van der Waals surface area contributed by atoms with Crippen LogP contribution in [0.4, 0.5) is 0 Å². The van der Waals surface area contributed by atoms with Gasteiger partial charge in [-0.3, -0.25) is 9.78 Å². The number of β-amino-alcohol motifs (C(OH)–C–C–N with tert-alkyl or cyclic N) is 1. The molecule has 5 rings (SSSR count). The van der Waals surface area contributed by atoms with Crippen LogP contribution >= 0.6 is 37.2 Å². The van der Waals surface area contributed by atoms with Crippen molar-refractivity contribution in [3.63, 3.8) is 0 Å². The van der Waals surface area contributed by atoms with Gasteiger partial charge in [0, 0.05) is 49.4 Å². The standard InChI is InChI=1S/C27H30N4O4.3ClH/c1-35-19-5-6-23-21(14-19)20(7-10-28-23)26(33)16-31-11-8-18(9-12-31)30-27(34)24-13-17-3-2-4-25(32)22(17)15-29-24;;;/h2-7,10,13-14,18,26,29,32-33H,8-9,11-12,15-16H2,1H3,(H,30,34);3*1H/t26-;;;/m0.../s1. The summed E-state index contributed by atoms with van der Waals surface area (Å²) in [5.41, 5.74) is 3.84. The highest BCUT2D eigenvalue weighted by atomic mass is 35.5. The number of nitrogens with one attached hydrogen (secondary N) is 2. The van der Waals surface area contributed by atoms with Gasteiger partial charge >= 0.3 is 0 Å². The number of pyridine rings is 1. The van der Waals surface area contributed by atoms with Crippen molar-refractivity contribution in [3.05, 3.63) is 71.0 Å². The number of phenolic OH excluding ortho intramolecular Hbond substituents is 1. The summed E-state index contributed by atoms with van der Waals surface area (Å²) in [6.45, 7) is 2.52. The summed E-state index contributed by atoms with van der Waals surface area (Å²) >= 11 is 0. The van der Waals surface area contributed by atoms with E-state index in [0.717, 1.165) is 59.3 Å². The van der Waals surface area contributed by atoms with Crippen LogP contribution in [0.2, 0.25) is 0 Å². The zero-order valence-electron chi connectivity index (χ0n) is 20.9. The highest BCUT2D eigenvalue weighted by molar-refractivity contribution is 5.98. The number of nitrogens with zero attached hydrogens (tertiary/aromatic N) is 2. The lowest BCUT2D eigenvalue weighted by atomic mass is 10.00. The maximum Gasteiger partial charge on any atom is 0.267 e. The van der Waals surface area contributed by atoms with E-state index in [1.807, 2.05) is 30.3 Å². The van der Waals surface area contributed by atoms with E-state index in [2.05, 4.69) is 20.5 Å². The number of carbonyl (C=O) groups excluding carboxylic acids is 1. The van der Waals surface area contributed by atoms with Crippen LogP contribution in [0.1, 0.15) is 35.6 Å². The second-order valence-corrected chi connectivity index (χ2v) is 9.10. The number of ether oxygens (including phenoxy) is 1. The molecule has 8 nitrogen and oxygen atoms in total. The van der Waals surface area contributed by atoms with Gasteiger partial charge in [0.2, 0.25) is 0 Å². The Hall–Kier alpha value is -2.75. The van der Waals surface area contributed by atoms with Crippen LogP contribution in [0.25, 0.3) is 17.0 Å². The zero-order chi connectivity index (χ0) is 24.4. The van der Waals surface area contributed by atoms with E-state index in [-0.39, 0.29) is 54.9 Å². The van der Waals surface area contributed by atoms with Crippen LogP contribution in [0.15, 0.2) is 54.4 Å². The number of phenols is 1. The third kappa shape index (κ3) is 6.81. The maximum atomic E-state index is 12.8. The average molecular weight is 584 g/mol. The molecule has 0 bridgehead atoms. The van der Waals surface area contributed by atoms with Gasteiger partial charge in [-0.2, -0.15) is 0 Å². The molecular formula is C27H33Cl3N4O4. The Morgan fingerprint density at radius 3 is 2.68 bits per heavy atom. The Labute approximate surface area is 240 Å². The molecule has 2 aromatic carbocycles. The second kappa shape index (κ2) is 13.9. The fraction of sp³-hybridized carbons (Fsp3) is 0.333. The highest BCUT2D eigenvalue weighted by Gasteiger charge is 2.25. The molecule has 1 saturated heterocycles. The molecule has 206 valence electrons. The number of aliphatic hydroxyl groups excluding tert-OH is 1. The average Bonchev–Trinajstić information content (AvgIpc) is 2.89. The van der Waals surface area contributed by atoms with Gasteiger partial charge in [0.05, 0.1) is 18.7 Å².